The van der Waals surface area contributed by atoms with Crippen LogP contribution in [0.4, 0.5) is 28.9 Å². The van der Waals surface area contributed by atoms with E-state index in [0.717, 1.165) is 67.6 Å². The third kappa shape index (κ3) is 5.19. The Balaban J connectivity index is 1.28. The molecule has 6 heteroatoms. The van der Waals surface area contributed by atoms with Crippen LogP contribution in [0.25, 0.3) is 21.5 Å². The van der Waals surface area contributed by atoms with E-state index in [0.29, 0.717) is 24.0 Å². The molecular formula is C45H37F4N2+. The van der Waals surface area contributed by atoms with Crippen LogP contribution in [0.3, 0.4) is 0 Å². The Hall–Kier alpha value is -5.49. The first-order valence-electron chi connectivity index (χ1n) is 17.2. The van der Waals surface area contributed by atoms with Gasteiger partial charge in [-0.25, -0.2) is 17.6 Å². The molecule has 0 spiro atoms. The number of hydrogen-bond acceptors (Lipinski definition) is 1. The average molecular weight is 682 g/mol. The van der Waals surface area contributed by atoms with Crippen LogP contribution < -0.4 is 4.90 Å². The summed E-state index contributed by atoms with van der Waals surface area (Å²) in [7, 11) is 4.06. The molecule has 2 aliphatic heterocycles. The van der Waals surface area contributed by atoms with E-state index in [4.69, 9.17) is 0 Å². The fraction of sp³-hybridized carbons (Fsp3) is 0.178. The van der Waals surface area contributed by atoms with E-state index in [1.54, 1.807) is 0 Å². The second kappa shape index (κ2) is 12.1. The van der Waals surface area contributed by atoms with Crippen LogP contribution in [0.15, 0.2) is 133 Å². The van der Waals surface area contributed by atoms with Gasteiger partial charge in [0.05, 0.1) is 10.8 Å². The van der Waals surface area contributed by atoms with Crippen molar-refractivity contribution in [1.29, 1.82) is 0 Å². The van der Waals surface area contributed by atoms with Gasteiger partial charge >= 0.3 is 0 Å². The molecule has 0 bridgehead atoms. The van der Waals surface area contributed by atoms with E-state index in [2.05, 4.69) is 84.0 Å². The fourth-order valence-electron chi connectivity index (χ4n) is 8.72. The van der Waals surface area contributed by atoms with Gasteiger partial charge < -0.3 is 4.90 Å². The zero-order valence-corrected chi connectivity index (χ0v) is 28.9. The van der Waals surface area contributed by atoms with Crippen molar-refractivity contribution in [2.75, 3.05) is 19.0 Å². The molecule has 6 aromatic carbocycles. The Kier molecular flexibility index (Phi) is 7.75. The normalized spacial score (nSPS) is 20.7. The number of hydrogen-bond donors (Lipinski definition) is 0. The number of anilines is 1. The summed E-state index contributed by atoms with van der Waals surface area (Å²) in [6, 6.07) is 32.5. The summed E-state index contributed by atoms with van der Waals surface area (Å²) < 4.78 is 60.7. The van der Waals surface area contributed by atoms with Crippen molar-refractivity contribution in [3.8, 4) is 0 Å². The zero-order valence-electron chi connectivity index (χ0n) is 28.9. The molecule has 51 heavy (non-hydrogen) atoms. The van der Waals surface area contributed by atoms with Crippen LogP contribution in [-0.2, 0) is 23.7 Å². The summed E-state index contributed by atoms with van der Waals surface area (Å²) in [6.07, 6.45) is 6.83. The largest absolute Gasteiger partial charge is 0.347 e. The van der Waals surface area contributed by atoms with Gasteiger partial charge in [0.25, 0.3) is 0 Å². The maximum atomic E-state index is 15.3. The second-order valence-electron chi connectivity index (χ2n) is 14.3. The second-order valence-corrected chi connectivity index (χ2v) is 14.3. The van der Waals surface area contributed by atoms with Gasteiger partial charge in [0, 0.05) is 47.6 Å². The van der Waals surface area contributed by atoms with E-state index >= 15 is 8.78 Å². The van der Waals surface area contributed by atoms with Crippen LogP contribution in [0.2, 0.25) is 0 Å². The van der Waals surface area contributed by atoms with Gasteiger partial charge in [0.15, 0.2) is 5.71 Å². The van der Waals surface area contributed by atoms with Crippen molar-refractivity contribution < 1.29 is 22.1 Å². The SMILES string of the molecule is CN1C(=CC=CC2=[N+](C)c3c(ccc4ccccc34)C2(C)Cc2ccc(F)cc2F)C(C)(Cc2ccc(F)cc2F)c2c1ccc1ccccc21. The predicted octanol–water partition coefficient (Wildman–Crippen LogP) is 10.9. The number of nitrogens with zero attached hydrogens (tertiary/aromatic N) is 2. The highest BCUT2D eigenvalue weighted by atomic mass is 19.1. The molecule has 254 valence electrons. The van der Waals surface area contributed by atoms with E-state index in [9.17, 15) is 8.78 Å². The van der Waals surface area contributed by atoms with Crippen molar-refractivity contribution in [3.63, 3.8) is 0 Å². The summed E-state index contributed by atoms with van der Waals surface area (Å²) in [6.45, 7) is 4.24. The third-order valence-electron chi connectivity index (χ3n) is 11.1. The lowest BCUT2D eigenvalue weighted by Gasteiger charge is -2.29. The Bertz CT molecular complexity index is 2500. The number of likely N-dealkylation sites (N-methyl/N-ethyl adjacent to an activating group) is 1. The molecular weight excluding hydrogens is 645 g/mol. The molecule has 2 atom stereocenters. The minimum Gasteiger partial charge on any atom is -0.347 e. The molecule has 8 rings (SSSR count). The van der Waals surface area contributed by atoms with Gasteiger partial charge in [-0.15, -0.1) is 0 Å². The predicted molar refractivity (Wildman–Crippen MR) is 199 cm³/mol. The Morgan fingerprint density at radius 1 is 0.667 bits per heavy atom. The number of halogens is 4. The summed E-state index contributed by atoms with van der Waals surface area (Å²) in [4.78, 5) is 2.16. The quantitative estimate of drug-likeness (QED) is 0.125. The standard InChI is InChI=1S/C45H37F4N2/c1-44(26-30-16-20-32(46)24-37(30)48)36-22-18-29-11-6-8-13-35(29)43(36)51(4)40(44)14-9-15-41-45(2,27-31-17-21-33(47)25-38(31)49)42-34-12-7-5-10-28(34)19-23-39(42)50(41)3/h5-25H,26-27H2,1-4H3/q+1. The number of fused-ring (bicyclic) bond motifs is 6. The summed E-state index contributed by atoms with van der Waals surface area (Å²) in [5.74, 6) is -2.35. The Labute approximate surface area is 295 Å². The molecule has 0 saturated carbocycles. The van der Waals surface area contributed by atoms with Gasteiger partial charge in [-0.3, -0.25) is 0 Å². The van der Waals surface area contributed by atoms with E-state index in [-0.39, 0.29) is 0 Å². The molecule has 0 saturated heterocycles. The van der Waals surface area contributed by atoms with Crippen LogP contribution in [0.5, 0.6) is 0 Å². The lowest BCUT2D eigenvalue weighted by Crippen LogP contribution is -2.33. The minimum absolute atomic E-state index is 0.319. The van der Waals surface area contributed by atoms with Gasteiger partial charge in [-0.05, 0) is 89.9 Å². The molecule has 0 radical (unpaired) electrons. The molecule has 0 aliphatic carbocycles. The Morgan fingerprint density at radius 3 is 1.88 bits per heavy atom. The molecule has 2 aliphatic rings. The highest BCUT2D eigenvalue weighted by molar-refractivity contribution is 6.08. The lowest BCUT2D eigenvalue weighted by molar-refractivity contribution is -0.399. The minimum atomic E-state index is -0.667. The van der Waals surface area contributed by atoms with Crippen LogP contribution in [0, 0.1) is 23.3 Å². The topological polar surface area (TPSA) is 6.25 Å². The van der Waals surface area contributed by atoms with Crippen LogP contribution >= 0.6 is 0 Å². The van der Waals surface area contributed by atoms with E-state index in [1.165, 1.54) is 24.3 Å². The maximum absolute atomic E-state index is 15.3. The van der Waals surface area contributed by atoms with Gasteiger partial charge in [0.1, 0.15) is 30.3 Å². The number of allylic oxidation sites excluding steroid dienone is 4. The molecule has 0 N–H and O–H groups in total. The third-order valence-corrected chi connectivity index (χ3v) is 11.1. The number of rotatable bonds is 6. The fourth-order valence-corrected chi connectivity index (χ4v) is 8.72. The smallest absolute Gasteiger partial charge is 0.217 e. The van der Waals surface area contributed by atoms with Crippen LogP contribution in [-0.4, -0.2) is 24.4 Å². The van der Waals surface area contributed by atoms with Crippen molar-refractivity contribution in [2.45, 2.75) is 37.5 Å². The zero-order chi connectivity index (χ0) is 35.7. The van der Waals surface area contributed by atoms with Crippen molar-refractivity contribution in [3.05, 3.63) is 179 Å². The first-order valence-corrected chi connectivity index (χ1v) is 17.2. The molecule has 0 fully saturated rings. The summed E-state index contributed by atoms with van der Waals surface area (Å²) in [5.41, 5.74) is 5.71. The van der Waals surface area contributed by atoms with Crippen molar-refractivity contribution in [2.24, 2.45) is 0 Å². The summed E-state index contributed by atoms with van der Waals surface area (Å²) in [5, 5.41) is 4.37. The highest BCUT2D eigenvalue weighted by Gasteiger charge is 2.48. The molecule has 2 heterocycles. The van der Waals surface area contributed by atoms with Crippen molar-refractivity contribution >= 4 is 38.6 Å². The highest BCUT2D eigenvalue weighted by Crippen LogP contribution is 2.52. The molecule has 0 amide bonds. The molecule has 2 nitrogen and oxygen atoms in total. The molecule has 0 aromatic heterocycles. The lowest BCUT2D eigenvalue weighted by atomic mass is 9.73. The Morgan fingerprint density at radius 2 is 1.24 bits per heavy atom. The number of benzene rings is 6. The maximum Gasteiger partial charge on any atom is 0.217 e. The molecule has 6 aromatic rings. The first-order chi connectivity index (χ1) is 24.5. The van der Waals surface area contributed by atoms with Crippen molar-refractivity contribution in [1.82, 2.24) is 0 Å². The molecule has 2 unspecified atom stereocenters. The summed E-state index contributed by atoms with van der Waals surface area (Å²) >= 11 is 0. The van der Waals surface area contributed by atoms with Gasteiger partial charge in [-0.2, -0.15) is 4.58 Å². The van der Waals surface area contributed by atoms with E-state index in [1.807, 2.05) is 44.4 Å². The monoisotopic (exact) mass is 681 g/mol. The van der Waals surface area contributed by atoms with E-state index < -0.39 is 34.1 Å². The van der Waals surface area contributed by atoms with Gasteiger partial charge in [-0.1, -0.05) is 78.9 Å². The first kappa shape index (κ1) is 32.7. The van der Waals surface area contributed by atoms with Gasteiger partial charge in [0.2, 0.25) is 5.69 Å². The van der Waals surface area contributed by atoms with Crippen LogP contribution in [0.1, 0.15) is 36.1 Å². The average Bonchev–Trinajstić information content (AvgIpc) is 3.46.